The number of hydrogen-bond acceptors (Lipinski definition) is 2. The van der Waals surface area contributed by atoms with Gasteiger partial charge in [0.25, 0.3) is 10.0 Å². The van der Waals surface area contributed by atoms with E-state index in [1.165, 1.54) is 13.1 Å². The Hall–Kier alpha value is -1.93. The highest BCUT2D eigenvalue weighted by Gasteiger charge is 2.22. The van der Waals surface area contributed by atoms with Gasteiger partial charge in [0.05, 0.1) is 11.2 Å². The third kappa shape index (κ3) is 2.84. The Morgan fingerprint density at radius 1 is 1.17 bits per heavy atom. The molecule has 0 aliphatic heterocycles. The SMILES string of the molecule is Cc1cc(F)c(NS(=O)(=O)c2c[nH]c3c(Br)cccc23)cc1F. The van der Waals surface area contributed by atoms with Crippen molar-refractivity contribution in [3.8, 4) is 0 Å². The molecule has 120 valence electrons. The van der Waals surface area contributed by atoms with Crippen molar-refractivity contribution in [2.24, 2.45) is 0 Å². The number of H-pyrrole nitrogens is 1. The molecule has 0 amide bonds. The minimum atomic E-state index is -4.07. The molecule has 2 N–H and O–H groups in total. The number of hydrogen-bond donors (Lipinski definition) is 2. The Balaban J connectivity index is 2.08. The van der Waals surface area contributed by atoms with Crippen LogP contribution in [0.1, 0.15) is 5.56 Å². The molecule has 1 aromatic heterocycles. The fourth-order valence-electron chi connectivity index (χ4n) is 2.24. The summed E-state index contributed by atoms with van der Waals surface area (Å²) in [5, 5.41) is 0.444. The van der Waals surface area contributed by atoms with E-state index in [-0.39, 0.29) is 10.5 Å². The van der Waals surface area contributed by atoms with E-state index < -0.39 is 27.3 Å². The normalized spacial score (nSPS) is 11.8. The first-order valence-corrected chi connectivity index (χ1v) is 8.81. The number of sulfonamides is 1. The smallest absolute Gasteiger partial charge is 0.264 e. The highest BCUT2D eigenvalue weighted by Crippen LogP contribution is 2.30. The maximum atomic E-state index is 13.9. The molecule has 3 aromatic rings. The number of aromatic nitrogens is 1. The van der Waals surface area contributed by atoms with Crippen LogP contribution < -0.4 is 4.72 Å². The van der Waals surface area contributed by atoms with Gasteiger partial charge in [-0.2, -0.15) is 0 Å². The first kappa shape index (κ1) is 15.9. The van der Waals surface area contributed by atoms with Crippen LogP contribution in [0.15, 0.2) is 45.9 Å². The van der Waals surface area contributed by atoms with E-state index in [0.29, 0.717) is 15.4 Å². The summed E-state index contributed by atoms with van der Waals surface area (Å²) in [6.07, 6.45) is 1.31. The third-order valence-electron chi connectivity index (χ3n) is 3.41. The van der Waals surface area contributed by atoms with Gasteiger partial charge in [-0.25, -0.2) is 17.2 Å². The van der Waals surface area contributed by atoms with Crippen molar-refractivity contribution in [2.75, 3.05) is 4.72 Å². The third-order valence-corrected chi connectivity index (χ3v) is 5.48. The number of nitrogens with one attached hydrogen (secondary N) is 2. The molecule has 23 heavy (non-hydrogen) atoms. The second-order valence-corrected chi connectivity index (χ2v) is 7.51. The van der Waals surface area contributed by atoms with Crippen LogP contribution in [0.4, 0.5) is 14.5 Å². The Labute approximate surface area is 139 Å². The lowest BCUT2D eigenvalue weighted by atomic mass is 10.2. The lowest BCUT2D eigenvalue weighted by molar-refractivity contribution is 0.591. The average Bonchev–Trinajstić information content (AvgIpc) is 2.91. The lowest BCUT2D eigenvalue weighted by Gasteiger charge is -2.09. The van der Waals surface area contributed by atoms with Gasteiger partial charge in [0.2, 0.25) is 0 Å². The van der Waals surface area contributed by atoms with E-state index in [0.717, 1.165) is 12.1 Å². The molecule has 8 heteroatoms. The van der Waals surface area contributed by atoms with Crippen molar-refractivity contribution in [1.82, 2.24) is 4.98 Å². The van der Waals surface area contributed by atoms with Crippen LogP contribution in [-0.4, -0.2) is 13.4 Å². The van der Waals surface area contributed by atoms with Crippen molar-refractivity contribution in [2.45, 2.75) is 11.8 Å². The highest BCUT2D eigenvalue weighted by molar-refractivity contribution is 9.10. The Bertz CT molecular complexity index is 1020. The molecule has 0 aliphatic carbocycles. The number of para-hydroxylation sites is 1. The number of fused-ring (bicyclic) bond motifs is 1. The number of benzene rings is 2. The lowest BCUT2D eigenvalue weighted by Crippen LogP contribution is -2.14. The molecule has 0 radical (unpaired) electrons. The van der Waals surface area contributed by atoms with Crippen LogP contribution in [0.5, 0.6) is 0 Å². The van der Waals surface area contributed by atoms with Gasteiger partial charge in [0.1, 0.15) is 16.5 Å². The fraction of sp³-hybridized carbons (Fsp3) is 0.0667. The van der Waals surface area contributed by atoms with Crippen molar-refractivity contribution in [1.29, 1.82) is 0 Å². The van der Waals surface area contributed by atoms with Gasteiger partial charge in [-0.15, -0.1) is 0 Å². The summed E-state index contributed by atoms with van der Waals surface area (Å²) in [7, 11) is -4.07. The molecule has 0 bridgehead atoms. The van der Waals surface area contributed by atoms with Crippen LogP contribution in [0.2, 0.25) is 0 Å². The summed E-state index contributed by atoms with van der Waals surface area (Å²) in [5.41, 5.74) is 0.266. The summed E-state index contributed by atoms with van der Waals surface area (Å²) < 4.78 is 55.2. The second kappa shape index (κ2) is 5.61. The van der Waals surface area contributed by atoms with Crippen LogP contribution in [0.25, 0.3) is 10.9 Å². The van der Waals surface area contributed by atoms with E-state index in [1.807, 2.05) is 0 Å². The standard InChI is InChI=1S/C15H11BrF2N2O2S/c1-8-5-12(18)13(6-11(8)17)20-23(21,22)14-7-19-15-9(14)3-2-4-10(15)16/h2-7,19-20H,1H3. The fourth-order valence-corrected chi connectivity index (χ4v) is 3.95. The zero-order chi connectivity index (χ0) is 16.8. The van der Waals surface area contributed by atoms with Gasteiger partial charge in [-0.1, -0.05) is 12.1 Å². The molecular formula is C15H11BrF2N2O2S. The van der Waals surface area contributed by atoms with Crippen LogP contribution >= 0.6 is 15.9 Å². The summed E-state index contributed by atoms with van der Waals surface area (Å²) in [5.74, 6) is -1.53. The zero-order valence-electron chi connectivity index (χ0n) is 11.8. The molecule has 3 rings (SSSR count). The van der Waals surface area contributed by atoms with Gasteiger partial charge in [-0.3, -0.25) is 4.72 Å². The maximum Gasteiger partial charge on any atom is 0.264 e. The highest BCUT2D eigenvalue weighted by atomic mass is 79.9. The quantitative estimate of drug-likeness (QED) is 0.687. The minimum absolute atomic E-state index is 0.0471. The average molecular weight is 401 g/mol. The molecule has 4 nitrogen and oxygen atoms in total. The molecule has 2 aromatic carbocycles. The Morgan fingerprint density at radius 2 is 1.91 bits per heavy atom. The number of anilines is 1. The topological polar surface area (TPSA) is 62.0 Å². The summed E-state index contributed by atoms with van der Waals surface area (Å²) in [6.45, 7) is 1.40. The van der Waals surface area contributed by atoms with Crippen LogP contribution in [0, 0.1) is 18.6 Å². The molecule has 0 atom stereocenters. The molecule has 0 saturated heterocycles. The van der Waals surface area contributed by atoms with Gasteiger partial charge < -0.3 is 4.98 Å². The molecule has 0 aliphatic rings. The van der Waals surface area contributed by atoms with E-state index in [4.69, 9.17) is 0 Å². The molecular weight excluding hydrogens is 390 g/mol. The van der Waals surface area contributed by atoms with Crippen LogP contribution in [-0.2, 0) is 10.0 Å². The molecule has 0 fully saturated rings. The molecule has 1 heterocycles. The second-order valence-electron chi connectivity index (χ2n) is 5.00. The van der Waals surface area contributed by atoms with E-state index in [9.17, 15) is 17.2 Å². The van der Waals surface area contributed by atoms with E-state index >= 15 is 0 Å². The monoisotopic (exact) mass is 400 g/mol. The number of aryl methyl sites for hydroxylation is 1. The first-order valence-electron chi connectivity index (χ1n) is 6.53. The number of rotatable bonds is 3. The van der Waals surface area contributed by atoms with Crippen LogP contribution in [0.3, 0.4) is 0 Å². The summed E-state index contributed by atoms with van der Waals surface area (Å²) in [6, 6.07) is 6.84. The Morgan fingerprint density at radius 3 is 2.65 bits per heavy atom. The molecule has 0 saturated carbocycles. The van der Waals surface area contributed by atoms with E-state index in [2.05, 4.69) is 25.6 Å². The van der Waals surface area contributed by atoms with E-state index in [1.54, 1.807) is 18.2 Å². The van der Waals surface area contributed by atoms with Gasteiger partial charge in [-0.05, 0) is 40.5 Å². The van der Waals surface area contributed by atoms with Crippen molar-refractivity contribution in [3.63, 3.8) is 0 Å². The van der Waals surface area contributed by atoms with Gasteiger partial charge in [0.15, 0.2) is 0 Å². The van der Waals surface area contributed by atoms with Crippen molar-refractivity contribution >= 4 is 42.5 Å². The molecule has 0 spiro atoms. The van der Waals surface area contributed by atoms with Crippen molar-refractivity contribution in [3.05, 3.63) is 58.2 Å². The zero-order valence-corrected chi connectivity index (χ0v) is 14.2. The predicted octanol–water partition coefficient (Wildman–Crippen LogP) is 4.32. The number of halogens is 3. The largest absolute Gasteiger partial charge is 0.359 e. The minimum Gasteiger partial charge on any atom is -0.359 e. The summed E-state index contributed by atoms with van der Waals surface area (Å²) >= 11 is 3.32. The summed E-state index contributed by atoms with van der Waals surface area (Å²) in [4.78, 5) is 2.80. The van der Waals surface area contributed by atoms with Gasteiger partial charge in [0, 0.05) is 22.1 Å². The van der Waals surface area contributed by atoms with Crippen molar-refractivity contribution < 1.29 is 17.2 Å². The number of aromatic amines is 1. The van der Waals surface area contributed by atoms with Gasteiger partial charge >= 0.3 is 0 Å². The first-order chi connectivity index (χ1) is 10.8. The predicted molar refractivity (Wildman–Crippen MR) is 87.9 cm³/mol. The Kier molecular flexibility index (Phi) is 3.89. The maximum absolute atomic E-state index is 13.9. The molecule has 0 unspecified atom stereocenters.